The Kier molecular flexibility index (Phi) is 8.44. The van der Waals surface area contributed by atoms with E-state index in [1.165, 1.54) is 22.5 Å². The molecule has 3 rings (SSSR count). The number of ether oxygens (including phenoxy) is 1. The fraction of sp³-hybridized carbons (Fsp3) is 0.364. The Bertz CT molecular complexity index is 1100. The predicted octanol–water partition coefficient (Wildman–Crippen LogP) is 2.18. The Morgan fingerprint density at radius 2 is 1.55 bits per heavy atom. The average Bonchev–Trinajstić information content (AvgIpc) is 2.77. The standard InChI is InChI=1S/C22H27ClN4O5S/c1-16-3-5-17(6-4-16)24-21(28)14-26(2)15-22(29)25-18-7-8-19(23)20(13-18)33(30,31)27-9-11-32-12-10-27/h3-8,13H,9-12,14-15H2,1-2H3,(H,24,28)(H,25,29). The number of sulfonamides is 1. The summed E-state index contributed by atoms with van der Waals surface area (Å²) in [5.74, 6) is -0.641. The molecule has 1 fully saturated rings. The molecule has 11 heteroatoms. The lowest BCUT2D eigenvalue weighted by Crippen LogP contribution is -2.40. The second-order valence-electron chi connectivity index (χ2n) is 7.80. The number of benzene rings is 2. The summed E-state index contributed by atoms with van der Waals surface area (Å²) in [6, 6.07) is 11.7. The van der Waals surface area contributed by atoms with E-state index in [-0.39, 0.29) is 42.0 Å². The molecule has 0 saturated carbocycles. The summed E-state index contributed by atoms with van der Waals surface area (Å²) in [5, 5.41) is 5.52. The van der Waals surface area contributed by atoms with E-state index in [4.69, 9.17) is 16.3 Å². The normalized spacial score (nSPS) is 14.8. The first-order valence-electron chi connectivity index (χ1n) is 10.4. The fourth-order valence-electron chi connectivity index (χ4n) is 3.29. The lowest BCUT2D eigenvalue weighted by Gasteiger charge is -2.26. The van der Waals surface area contributed by atoms with Crippen LogP contribution in [0.3, 0.4) is 0 Å². The van der Waals surface area contributed by atoms with Crippen LogP contribution < -0.4 is 10.6 Å². The molecule has 2 amide bonds. The van der Waals surface area contributed by atoms with Gasteiger partial charge >= 0.3 is 0 Å². The van der Waals surface area contributed by atoms with Crippen molar-refractivity contribution < 1.29 is 22.7 Å². The summed E-state index contributed by atoms with van der Waals surface area (Å²) in [6.07, 6.45) is 0. The number of hydrogen-bond acceptors (Lipinski definition) is 6. The van der Waals surface area contributed by atoms with Crippen molar-refractivity contribution in [1.29, 1.82) is 0 Å². The number of morpholine rings is 1. The van der Waals surface area contributed by atoms with Crippen LogP contribution in [0.2, 0.25) is 5.02 Å². The zero-order valence-corrected chi connectivity index (χ0v) is 20.1. The molecule has 1 aliphatic rings. The Morgan fingerprint density at radius 1 is 1.00 bits per heavy atom. The number of halogens is 1. The molecule has 0 spiro atoms. The van der Waals surface area contributed by atoms with Gasteiger partial charge in [-0.1, -0.05) is 29.3 Å². The number of anilines is 2. The molecule has 9 nitrogen and oxygen atoms in total. The smallest absolute Gasteiger partial charge is 0.244 e. The van der Waals surface area contributed by atoms with Gasteiger partial charge in [0, 0.05) is 24.5 Å². The highest BCUT2D eigenvalue weighted by Crippen LogP contribution is 2.28. The van der Waals surface area contributed by atoms with Gasteiger partial charge < -0.3 is 15.4 Å². The van der Waals surface area contributed by atoms with Gasteiger partial charge in [-0.3, -0.25) is 14.5 Å². The van der Waals surface area contributed by atoms with E-state index in [1.54, 1.807) is 11.9 Å². The maximum absolute atomic E-state index is 12.9. The van der Waals surface area contributed by atoms with Crippen LogP contribution >= 0.6 is 11.6 Å². The van der Waals surface area contributed by atoms with Crippen LogP contribution in [0.25, 0.3) is 0 Å². The number of nitrogens with one attached hydrogen (secondary N) is 2. The largest absolute Gasteiger partial charge is 0.379 e. The first kappa shape index (κ1) is 25.1. The van der Waals surface area contributed by atoms with Crippen molar-refractivity contribution in [2.75, 3.05) is 57.1 Å². The lowest BCUT2D eigenvalue weighted by atomic mass is 10.2. The molecule has 0 radical (unpaired) electrons. The molecule has 1 aliphatic heterocycles. The van der Waals surface area contributed by atoms with Crippen molar-refractivity contribution >= 4 is 44.8 Å². The minimum absolute atomic E-state index is 0.0125. The van der Waals surface area contributed by atoms with Crippen LogP contribution in [0.1, 0.15) is 5.56 Å². The van der Waals surface area contributed by atoms with E-state index < -0.39 is 15.9 Å². The molecular weight excluding hydrogens is 468 g/mol. The van der Waals surface area contributed by atoms with Crippen LogP contribution in [0, 0.1) is 6.92 Å². The SMILES string of the molecule is Cc1ccc(NC(=O)CN(C)CC(=O)Nc2ccc(Cl)c(S(=O)(=O)N3CCOCC3)c2)cc1. The fourth-order valence-corrected chi connectivity index (χ4v) is 5.20. The van der Waals surface area contributed by atoms with Gasteiger partial charge in [-0.05, 0) is 44.3 Å². The van der Waals surface area contributed by atoms with E-state index in [9.17, 15) is 18.0 Å². The molecular formula is C22H27ClN4O5S. The van der Waals surface area contributed by atoms with Crippen LogP contribution in [0.5, 0.6) is 0 Å². The molecule has 0 aromatic heterocycles. The third-order valence-corrected chi connectivity index (χ3v) is 7.35. The molecule has 0 unspecified atom stereocenters. The van der Waals surface area contributed by atoms with Gasteiger partial charge in [0.2, 0.25) is 21.8 Å². The van der Waals surface area contributed by atoms with Gasteiger partial charge in [-0.2, -0.15) is 4.31 Å². The lowest BCUT2D eigenvalue weighted by molar-refractivity contribution is -0.119. The van der Waals surface area contributed by atoms with Crippen molar-refractivity contribution in [2.45, 2.75) is 11.8 Å². The maximum atomic E-state index is 12.9. The van der Waals surface area contributed by atoms with Crippen LogP contribution in [-0.4, -0.2) is 75.9 Å². The molecule has 1 heterocycles. The topological polar surface area (TPSA) is 108 Å². The van der Waals surface area contributed by atoms with E-state index in [1.807, 2.05) is 31.2 Å². The number of carbonyl (C=O) groups excluding carboxylic acids is 2. The number of carbonyl (C=O) groups is 2. The third-order valence-electron chi connectivity index (χ3n) is 4.97. The summed E-state index contributed by atoms with van der Waals surface area (Å²) >= 11 is 6.15. The van der Waals surface area contributed by atoms with Gasteiger partial charge in [0.05, 0.1) is 31.3 Å². The quantitative estimate of drug-likeness (QED) is 0.582. The van der Waals surface area contributed by atoms with Gasteiger partial charge in [0.1, 0.15) is 4.90 Å². The summed E-state index contributed by atoms with van der Waals surface area (Å²) in [5.41, 5.74) is 2.07. The molecule has 0 aliphatic carbocycles. The molecule has 33 heavy (non-hydrogen) atoms. The first-order chi connectivity index (χ1) is 15.6. The number of amides is 2. The monoisotopic (exact) mass is 494 g/mol. The Morgan fingerprint density at radius 3 is 2.15 bits per heavy atom. The zero-order chi connectivity index (χ0) is 24.0. The van der Waals surface area contributed by atoms with E-state index in [2.05, 4.69) is 10.6 Å². The molecule has 1 saturated heterocycles. The summed E-state index contributed by atoms with van der Waals surface area (Å²) < 4.78 is 32.4. The highest BCUT2D eigenvalue weighted by molar-refractivity contribution is 7.89. The molecule has 0 atom stereocenters. The van der Waals surface area contributed by atoms with Gasteiger partial charge in [0.15, 0.2) is 0 Å². The predicted molar refractivity (Wildman–Crippen MR) is 127 cm³/mol. The first-order valence-corrected chi connectivity index (χ1v) is 12.2. The van der Waals surface area contributed by atoms with Crippen molar-refractivity contribution in [1.82, 2.24) is 9.21 Å². The minimum Gasteiger partial charge on any atom is -0.379 e. The minimum atomic E-state index is -3.82. The Hall–Kier alpha value is -2.50. The summed E-state index contributed by atoms with van der Waals surface area (Å²) in [4.78, 5) is 26.1. The van der Waals surface area contributed by atoms with Crippen LogP contribution in [-0.2, 0) is 24.3 Å². The Labute approximate surface area is 198 Å². The number of nitrogens with zero attached hydrogens (tertiary/aromatic N) is 2. The second kappa shape index (κ2) is 11.1. The van der Waals surface area contributed by atoms with Crippen molar-refractivity contribution in [3.8, 4) is 0 Å². The molecule has 2 aromatic carbocycles. The molecule has 0 bridgehead atoms. The van der Waals surface area contributed by atoms with Crippen LogP contribution in [0.15, 0.2) is 47.4 Å². The number of rotatable bonds is 8. The molecule has 178 valence electrons. The molecule has 2 aromatic rings. The van der Waals surface area contributed by atoms with Crippen molar-refractivity contribution in [3.05, 3.63) is 53.1 Å². The third kappa shape index (κ3) is 6.99. The molecule has 2 N–H and O–H groups in total. The van der Waals surface area contributed by atoms with Gasteiger partial charge in [0.25, 0.3) is 0 Å². The summed E-state index contributed by atoms with van der Waals surface area (Å²) in [7, 11) is -2.17. The van der Waals surface area contributed by atoms with E-state index in [0.717, 1.165) is 5.56 Å². The number of aryl methyl sites for hydroxylation is 1. The van der Waals surface area contributed by atoms with E-state index in [0.29, 0.717) is 24.6 Å². The van der Waals surface area contributed by atoms with Crippen molar-refractivity contribution in [2.24, 2.45) is 0 Å². The average molecular weight is 495 g/mol. The highest BCUT2D eigenvalue weighted by Gasteiger charge is 2.28. The second-order valence-corrected chi connectivity index (χ2v) is 10.1. The number of likely N-dealkylation sites (N-methyl/N-ethyl adjacent to an activating group) is 1. The zero-order valence-electron chi connectivity index (χ0n) is 18.5. The van der Waals surface area contributed by atoms with Crippen LogP contribution in [0.4, 0.5) is 11.4 Å². The van der Waals surface area contributed by atoms with Gasteiger partial charge in [-0.15, -0.1) is 0 Å². The maximum Gasteiger partial charge on any atom is 0.244 e. The van der Waals surface area contributed by atoms with E-state index >= 15 is 0 Å². The summed E-state index contributed by atoms with van der Waals surface area (Å²) in [6.45, 7) is 3.03. The Balaban J connectivity index is 1.58. The van der Waals surface area contributed by atoms with Crippen molar-refractivity contribution in [3.63, 3.8) is 0 Å². The van der Waals surface area contributed by atoms with Gasteiger partial charge in [-0.25, -0.2) is 8.42 Å². The number of hydrogen-bond donors (Lipinski definition) is 2. The highest BCUT2D eigenvalue weighted by atomic mass is 35.5.